The molecule has 0 aliphatic rings. The van der Waals surface area contributed by atoms with Crippen LogP contribution in [0.25, 0.3) is 0 Å². The zero-order valence-electron chi connectivity index (χ0n) is 13.8. The van der Waals surface area contributed by atoms with Crippen LogP contribution in [0.1, 0.15) is 5.82 Å². The van der Waals surface area contributed by atoms with E-state index in [0.717, 1.165) is 0 Å². The molecule has 0 aliphatic carbocycles. The van der Waals surface area contributed by atoms with Gasteiger partial charge in [0.15, 0.2) is 0 Å². The van der Waals surface area contributed by atoms with Crippen molar-refractivity contribution in [1.29, 1.82) is 0 Å². The molecule has 2 aromatic rings. The Kier molecular flexibility index (Phi) is 6.52. The van der Waals surface area contributed by atoms with Crippen molar-refractivity contribution in [3.63, 3.8) is 0 Å². The lowest BCUT2D eigenvalue weighted by atomic mass is 10.3. The highest BCUT2D eigenvalue weighted by Crippen LogP contribution is 2.25. The summed E-state index contributed by atoms with van der Waals surface area (Å²) in [6.07, 6.45) is 0. The number of alkyl halides is 1. The van der Waals surface area contributed by atoms with Crippen LogP contribution in [0.3, 0.4) is 0 Å². The summed E-state index contributed by atoms with van der Waals surface area (Å²) in [7, 11) is -2.98. The van der Waals surface area contributed by atoms with Crippen LogP contribution < -0.4 is 19.9 Å². The second kappa shape index (κ2) is 8.63. The number of aryl methyl sites for hydroxylation is 1. The maximum Gasteiger partial charge on any atom is 0.321 e. The molecule has 0 saturated heterocycles. The number of ether oxygens (including phenoxy) is 2. The Labute approximate surface area is 155 Å². The minimum Gasteiger partial charge on any atom is -0.845 e. The Morgan fingerprint density at radius 3 is 2.73 bits per heavy atom. The second-order valence-corrected chi connectivity index (χ2v) is 6.62. The van der Waals surface area contributed by atoms with Crippen molar-refractivity contribution >= 4 is 33.6 Å². The van der Waals surface area contributed by atoms with Crippen LogP contribution in [0.5, 0.6) is 11.8 Å². The van der Waals surface area contributed by atoms with Gasteiger partial charge in [0, 0.05) is 0 Å². The number of rotatable bonds is 7. The molecule has 0 fully saturated rings. The summed E-state index contributed by atoms with van der Waals surface area (Å²) in [5.41, 5.74) is 0. The average molecular weight is 401 g/mol. The highest BCUT2D eigenvalue weighted by molar-refractivity contribution is 7.90. The van der Waals surface area contributed by atoms with E-state index in [-0.39, 0.29) is 40.9 Å². The van der Waals surface area contributed by atoms with Gasteiger partial charge in [-0.3, -0.25) is 0 Å². The quantitative estimate of drug-likeness (QED) is 0.395. The SMILES string of the molecule is COc1nc(C)nc(NC([O-])=NS(=O)(=O)c2ccccc2OCCCl)n1. The first-order valence-electron chi connectivity index (χ1n) is 7.19. The van der Waals surface area contributed by atoms with Crippen molar-refractivity contribution in [3.8, 4) is 11.8 Å². The molecule has 12 heteroatoms. The molecule has 0 radical (unpaired) electrons. The van der Waals surface area contributed by atoms with Crippen molar-refractivity contribution < 1.29 is 23.0 Å². The van der Waals surface area contributed by atoms with Crippen molar-refractivity contribution in [2.75, 3.05) is 24.9 Å². The third kappa shape index (κ3) is 5.17. The number of hydrogen-bond donors (Lipinski definition) is 1. The number of methoxy groups -OCH3 is 1. The lowest BCUT2D eigenvalue weighted by molar-refractivity contribution is -0.213. The van der Waals surface area contributed by atoms with E-state index < -0.39 is 16.0 Å². The molecule has 0 unspecified atom stereocenters. The molecule has 0 spiro atoms. The maximum atomic E-state index is 12.4. The summed E-state index contributed by atoms with van der Waals surface area (Å²) >= 11 is 5.54. The highest BCUT2D eigenvalue weighted by Gasteiger charge is 2.18. The predicted octanol–water partition coefficient (Wildman–Crippen LogP) is 0.323. The number of nitrogens with one attached hydrogen (secondary N) is 1. The molecule has 1 heterocycles. The smallest absolute Gasteiger partial charge is 0.321 e. The van der Waals surface area contributed by atoms with Gasteiger partial charge >= 0.3 is 6.01 Å². The minimum atomic E-state index is -4.32. The van der Waals surface area contributed by atoms with Gasteiger partial charge < -0.3 is 19.9 Å². The molecule has 0 aliphatic heterocycles. The molecular weight excluding hydrogens is 386 g/mol. The topological polar surface area (TPSA) is 139 Å². The number of aromatic nitrogens is 3. The Balaban J connectivity index is 2.29. The number of para-hydroxylation sites is 1. The van der Waals surface area contributed by atoms with Gasteiger partial charge in [0.25, 0.3) is 10.0 Å². The van der Waals surface area contributed by atoms with Crippen LogP contribution in [0.2, 0.25) is 0 Å². The normalized spacial score (nSPS) is 11.9. The lowest BCUT2D eigenvalue weighted by Crippen LogP contribution is -2.29. The van der Waals surface area contributed by atoms with Gasteiger partial charge in [0.2, 0.25) is 5.95 Å². The van der Waals surface area contributed by atoms with Gasteiger partial charge in [-0.2, -0.15) is 27.8 Å². The van der Waals surface area contributed by atoms with Crippen LogP contribution in [0.4, 0.5) is 5.95 Å². The van der Waals surface area contributed by atoms with Gasteiger partial charge in [-0.05, 0) is 19.1 Å². The first-order chi connectivity index (χ1) is 12.4. The Hall–Kier alpha value is -2.66. The molecule has 2 rings (SSSR count). The molecule has 0 amide bonds. The van der Waals surface area contributed by atoms with Crippen molar-refractivity contribution in [2.45, 2.75) is 11.8 Å². The largest absolute Gasteiger partial charge is 0.845 e. The van der Waals surface area contributed by atoms with Gasteiger partial charge in [-0.1, -0.05) is 12.1 Å². The average Bonchev–Trinajstić information content (AvgIpc) is 2.59. The van der Waals surface area contributed by atoms with E-state index in [0.29, 0.717) is 0 Å². The number of halogens is 1. The highest BCUT2D eigenvalue weighted by atomic mass is 35.5. The minimum absolute atomic E-state index is 0.0320. The molecule has 1 aromatic heterocycles. The number of anilines is 1. The summed E-state index contributed by atoms with van der Waals surface area (Å²) in [5, 5.41) is 14.1. The Morgan fingerprint density at radius 2 is 2.04 bits per heavy atom. The van der Waals surface area contributed by atoms with E-state index in [2.05, 4.69) is 24.7 Å². The van der Waals surface area contributed by atoms with E-state index in [1.54, 1.807) is 13.0 Å². The fourth-order valence-electron chi connectivity index (χ4n) is 1.81. The molecule has 26 heavy (non-hydrogen) atoms. The maximum absolute atomic E-state index is 12.4. The molecule has 140 valence electrons. The molecule has 0 saturated carbocycles. The second-order valence-electron chi connectivity index (χ2n) is 4.67. The first kappa shape index (κ1) is 19.7. The van der Waals surface area contributed by atoms with E-state index in [9.17, 15) is 13.5 Å². The van der Waals surface area contributed by atoms with Crippen LogP contribution >= 0.6 is 11.6 Å². The van der Waals surface area contributed by atoms with Crippen molar-refractivity contribution in [2.24, 2.45) is 4.40 Å². The van der Waals surface area contributed by atoms with E-state index >= 15 is 0 Å². The number of amidine groups is 1. The van der Waals surface area contributed by atoms with E-state index in [4.69, 9.17) is 21.1 Å². The van der Waals surface area contributed by atoms with Gasteiger partial charge in [-0.25, -0.2) is 0 Å². The molecule has 10 nitrogen and oxygen atoms in total. The van der Waals surface area contributed by atoms with Crippen molar-refractivity contribution in [3.05, 3.63) is 30.1 Å². The van der Waals surface area contributed by atoms with E-state index in [1.165, 1.54) is 25.3 Å². The summed E-state index contributed by atoms with van der Waals surface area (Å²) in [4.78, 5) is 11.2. The number of benzene rings is 1. The molecule has 1 N–H and O–H groups in total. The van der Waals surface area contributed by atoms with Gasteiger partial charge in [0.1, 0.15) is 23.1 Å². The summed E-state index contributed by atoms with van der Waals surface area (Å²) in [5.74, 6) is 0.300. The Morgan fingerprint density at radius 1 is 1.31 bits per heavy atom. The predicted molar refractivity (Wildman–Crippen MR) is 92.0 cm³/mol. The zero-order valence-corrected chi connectivity index (χ0v) is 15.4. The molecule has 1 aromatic carbocycles. The van der Waals surface area contributed by atoms with Gasteiger partial charge in [-0.15, -0.1) is 11.6 Å². The van der Waals surface area contributed by atoms with Crippen LogP contribution in [0.15, 0.2) is 33.6 Å². The third-order valence-electron chi connectivity index (χ3n) is 2.79. The third-order valence-corrected chi connectivity index (χ3v) is 4.25. The zero-order chi connectivity index (χ0) is 19.2. The molecular formula is C14H15ClN5O5S-. The number of hydrogen-bond acceptors (Lipinski definition) is 8. The molecule has 0 bridgehead atoms. The summed E-state index contributed by atoms with van der Waals surface area (Å²) in [6, 6.07) is 4.57. The fourth-order valence-corrected chi connectivity index (χ4v) is 2.88. The first-order valence-corrected chi connectivity index (χ1v) is 9.16. The van der Waals surface area contributed by atoms with Crippen LogP contribution in [-0.2, 0) is 10.0 Å². The monoisotopic (exact) mass is 400 g/mol. The summed E-state index contributed by atoms with van der Waals surface area (Å²) < 4.78 is 38.1. The Bertz CT molecular complexity index is 906. The van der Waals surface area contributed by atoms with E-state index in [1.807, 2.05) is 0 Å². The number of sulfonamides is 1. The fraction of sp³-hybridized carbons (Fsp3) is 0.286. The van der Waals surface area contributed by atoms with Crippen LogP contribution in [0, 0.1) is 6.92 Å². The van der Waals surface area contributed by atoms with Crippen LogP contribution in [-0.4, -0.2) is 49.0 Å². The van der Waals surface area contributed by atoms with Crippen molar-refractivity contribution in [1.82, 2.24) is 15.0 Å². The molecule has 0 atom stereocenters. The number of nitrogens with zero attached hydrogens (tertiary/aromatic N) is 4. The standard InChI is InChI=1S/C14H16ClN5O5S/c1-9-16-12(19-14(17-9)24-2)18-13(21)20-26(22,23)11-6-4-3-5-10(11)25-8-7-15/h3-6H,7-8H2,1-2H3,(H2,16,17,18,19,20,21)/p-1. The lowest BCUT2D eigenvalue weighted by Gasteiger charge is -2.14. The summed E-state index contributed by atoms with van der Waals surface area (Å²) in [6.45, 7) is 1.66. The van der Waals surface area contributed by atoms with Gasteiger partial charge in [0.05, 0.1) is 19.0 Å².